The quantitative estimate of drug-likeness (QED) is 0.466. The van der Waals surface area contributed by atoms with Gasteiger partial charge in [0.2, 0.25) is 0 Å². The highest BCUT2D eigenvalue weighted by molar-refractivity contribution is 6.21. The van der Waals surface area contributed by atoms with E-state index in [0.29, 0.717) is 42.1 Å². The fourth-order valence-electron chi connectivity index (χ4n) is 4.06. The molecule has 2 saturated heterocycles. The zero-order chi connectivity index (χ0) is 23.5. The summed E-state index contributed by atoms with van der Waals surface area (Å²) in [6.45, 7) is 6.96. The Kier molecular flexibility index (Phi) is 6.41. The van der Waals surface area contributed by atoms with Crippen LogP contribution >= 0.6 is 0 Å². The summed E-state index contributed by atoms with van der Waals surface area (Å²) in [5.74, 6) is -0.884. The Bertz CT molecular complexity index is 1040. The molecule has 0 radical (unpaired) electrons. The number of hydrogen-bond acceptors (Lipinski definition) is 6. The fourth-order valence-corrected chi connectivity index (χ4v) is 4.06. The summed E-state index contributed by atoms with van der Waals surface area (Å²) in [4.78, 5) is 53.8. The second-order valence-electron chi connectivity index (χ2n) is 7.87. The van der Waals surface area contributed by atoms with Crippen molar-refractivity contribution < 1.29 is 28.7 Å². The number of carbonyl (C=O) groups is 4. The van der Waals surface area contributed by atoms with Crippen molar-refractivity contribution in [3.05, 3.63) is 71.6 Å². The van der Waals surface area contributed by atoms with E-state index in [1.54, 1.807) is 48.2 Å². The third kappa shape index (κ3) is 4.45. The zero-order valence-corrected chi connectivity index (χ0v) is 18.4. The van der Waals surface area contributed by atoms with Crippen LogP contribution in [0.25, 0.3) is 0 Å². The van der Waals surface area contributed by atoms with Crippen molar-refractivity contribution in [2.75, 3.05) is 32.8 Å². The lowest BCUT2D eigenvalue weighted by atomic mass is 10.1. The van der Waals surface area contributed by atoms with Crippen molar-refractivity contribution in [2.24, 2.45) is 0 Å². The Morgan fingerprint density at radius 2 is 1.82 bits per heavy atom. The van der Waals surface area contributed by atoms with Crippen molar-refractivity contribution in [2.45, 2.75) is 19.4 Å². The van der Waals surface area contributed by atoms with Gasteiger partial charge in [0.1, 0.15) is 12.7 Å². The fraction of sp³-hybridized carbons (Fsp3) is 0.333. The number of amides is 4. The largest absolute Gasteiger partial charge is 0.442 e. The average Bonchev–Trinajstić information content (AvgIpc) is 3.29. The van der Waals surface area contributed by atoms with Gasteiger partial charge in [0.25, 0.3) is 17.7 Å². The molecular weight excluding hydrogens is 426 g/mol. The van der Waals surface area contributed by atoms with E-state index in [2.05, 4.69) is 6.58 Å². The van der Waals surface area contributed by atoms with E-state index < -0.39 is 12.2 Å². The molecule has 1 aromatic carbocycles. The Balaban J connectivity index is 1.35. The van der Waals surface area contributed by atoms with E-state index in [1.165, 1.54) is 4.90 Å². The van der Waals surface area contributed by atoms with Gasteiger partial charge in [0, 0.05) is 24.4 Å². The summed E-state index contributed by atoms with van der Waals surface area (Å²) in [7, 11) is 0. The molecule has 0 unspecified atom stereocenters. The molecular formula is C24H25N3O6. The third-order valence-electron chi connectivity index (χ3n) is 5.76. The second-order valence-corrected chi connectivity index (χ2v) is 7.87. The molecule has 33 heavy (non-hydrogen) atoms. The summed E-state index contributed by atoms with van der Waals surface area (Å²) < 4.78 is 10.6. The van der Waals surface area contributed by atoms with Gasteiger partial charge in [0.15, 0.2) is 0 Å². The SMILES string of the molecule is C=C(C/C=C\C(=C/C)N1C[C@H](CN2C(=O)c3ccccc3C2=O)OC1=O)N1CCOCC1=O. The number of imide groups is 1. The third-order valence-corrected chi connectivity index (χ3v) is 5.76. The minimum absolute atomic E-state index is 0.00869. The Labute approximate surface area is 191 Å². The smallest absolute Gasteiger partial charge is 0.414 e. The zero-order valence-electron chi connectivity index (χ0n) is 18.4. The number of hydrogen-bond donors (Lipinski definition) is 0. The standard InChI is InChI=1S/C24H25N3O6/c1-3-17(8-6-7-16(2)25-11-12-32-15-21(25)28)26-13-18(33-24(26)31)14-27-22(29)19-9-4-5-10-20(19)23(27)30/h3-6,8-10,18H,2,7,11-15H2,1H3/b8-6-,17-3+/t18-/m1/s1. The van der Waals surface area contributed by atoms with Crippen LogP contribution in [0.15, 0.2) is 60.5 Å². The van der Waals surface area contributed by atoms with Gasteiger partial charge in [-0.25, -0.2) is 4.79 Å². The second kappa shape index (κ2) is 9.41. The highest BCUT2D eigenvalue weighted by Gasteiger charge is 2.40. The van der Waals surface area contributed by atoms with E-state index in [0.717, 1.165) is 4.90 Å². The van der Waals surface area contributed by atoms with Crippen LogP contribution in [0.2, 0.25) is 0 Å². The van der Waals surface area contributed by atoms with E-state index in [1.807, 2.05) is 6.08 Å². The van der Waals surface area contributed by atoms with Crippen LogP contribution in [-0.4, -0.2) is 77.5 Å². The number of nitrogens with zero attached hydrogens (tertiary/aromatic N) is 3. The first-order chi connectivity index (χ1) is 15.9. The van der Waals surface area contributed by atoms with Gasteiger partial charge >= 0.3 is 6.09 Å². The topological polar surface area (TPSA) is 96.5 Å². The molecule has 3 aliphatic rings. The van der Waals surface area contributed by atoms with E-state index in [9.17, 15) is 19.2 Å². The monoisotopic (exact) mass is 451 g/mol. The molecule has 0 aromatic heterocycles. The Hall–Kier alpha value is -3.72. The maximum atomic E-state index is 12.6. The van der Waals surface area contributed by atoms with Crippen LogP contribution in [0.4, 0.5) is 4.79 Å². The first-order valence-electron chi connectivity index (χ1n) is 10.7. The summed E-state index contributed by atoms with van der Waals surface area (Å²) in [5.41, 5.74) is 1.99. The minimum atomic E-state index is -0.635. The van der Waals surface area contributed by atoms with Crippen LogP contribution in [0.3, 0.4) is 0 Å². The van der Waals surface area contributed by atoms with Crippen LogP contribution in [0.1, 0.15) is 34.1 Å². The molecule has 172 valence electrons. The van der Waals surface area contributed by atoms with Crippen molar-refractivity contribution in [1.82, 2.24) is 14.7 Å². The molecule has 3 aliphatic heterocycles. The number of fused-ring (bicyclic) bond motifs is 1. The molecule has 0 aliphatic carbocycles. The van der Waals surface area contributed by atoms with Crippen molar-refractivity contribution >= 4 is 23.8 Å². The average molecular weight is 451 g/mol. The van der Waals surface area contributed by atoms with E-state index in [4.69, 9.17) is 9.47 Å². The Morgan fingerprint density at radius 1 is 1.12 bits per heavy atom. The summed E-state index contributed by atoms with van der Waals surface area (Å²) in [6, 6.07) is 6.64. The van der Waals surface area contributed by atoms with E-state index in [-0.39, 0.29) is 37.4 Å². The Morgan fingerprint density at radius 3 is 2.45 bits per heavy atom. The van der Waals surface area contributed by atoms with Gasteiger partial charge < -0.3 is 14.4 Å². The van der Waals surface area contributed by atoms with Crippen LogP contribution in [0, 0.1) is 0 Å². The minimum Gasteiger partial charge on any atom is -0.442 e. The number of cyclic esters (lactones) is 1. The molecule has 3 heterocycles. The molecule has 9 nitrogen and oxygen atoms in total. The van der Waals surface area contributed by atoms with Crippen molar-refractivity contribution in [3.63, 3.8) is 0 Å². The van der Waals surface area contributed by atoms with Crippen LogP contribution in [0.5, 0.6) is 0 Å². The number of allylic oxidation sites excluding steroid dienone is 3. The number of rotatable bonds is 7. The predicted molar refractivity (Wildman–Crippen MR) is 118 cm³/mol. The number of carbonyl (C=O) groups excluding carboxylic acids is 4. The normalized spacial score (nSPS) is 21.3. The molecule has 0 spiro atoms. The molecule has 4 amide bonds. The van der Waals surface area contributed by atoms with Crippen LogP contribution < -0.4 is 0 Å². The number of benzene rings is 1. The highest BCUT2D eigenvalue weighted by atomic mass is 16.6. The maximum Gasteiger partial charge on any atom is 0.414 e. The number of ether oxygens (including phenoxy) is 2. The van der Waals surface area contributed by atoms with E-state index >= 15 is 0 Å². The van der Waals surface area contributed by atoms with Crippen molar-refractivity contribution in [3.8, 4) is 0 Å². The van der Waals surface area contributed by atoms with Gasteiger partial charge in [0.05, 0.1) is 30.8 Å². The first-order valence-corrected chi connectivity index (χ1v) is 10.7. The van der Waals surface area contributed by atoms with Gasteiger partial charge in [-0.05, 0) is 25.1 Å². The van der Waals surface area contributed by atoms with Gasteiger partial charge in [-0.1, -0.05) is 30.9 Å². The van der Waals surface area contributed by atoms with Crippen molar-refractivity contribution in [1.29, 1.82) is 0 Å². The lowest BCUT2D eigenvalue weighted by Crippen LogP contribution is -2.40. The van der Waals surface area contributed by atoms with Gasteiger partial charge in [-0.2, -0.15) is 0 Å². The highest BCUT2D eigenvalue weighted by Crippen LogP contribution is 2.25. The van der Waals surface area contributed by atoms with Crippen LogP contribution in [-0.2, 0) is 14.3 Å². The molecule has 1 atom stereocenters. The molecule has 1 aromatic rings. The maximum absolute atomic E-state index is 12.6. The predicted octanol–water partition coefficient (Wildman–Crippen LogP) is 2.33. The lowest BCUT2D eigenvalue weighted by Gasteiger charge is -2.28. The molecule has 0 bridgehead atoms. The summed E-state index contributed by atoms with van der Waals surface area (Å²) >= 11 is 0. The molecule has 4 rings (SSSR count). The molecule has 0 saturated carbocycles. The first kappa shape index (κ1) is 22.5. The number of morpholine rings is 1. The van der Waals surface area contributed by atoms with Gasteiger partial charge in [-0.15, -0.1) is 0 Å². The molecule has 9 heteroatoms. The molecule has 0 N–H and O–H groups in total. The molecule has 2 fully saturated rings. The summed E-state index contributed by atoms with van der Waals surface area (Å²) in [6.07, 6.45) is 4.61. The lowest BCUT2D eigenvalue weighted by molar-refractivity contribution is -0.140. The van der Waals surface area contributed by atoms with Gasteiger partial charge in [-0.3, -0.25) is 24.2 Å². The summed E-state index contributed by atoms with van der Waals surface area (Å²) in [5, 5.41) is 0.